The van der Waals surface area contributed by atoms with Crippen molar-refractivity contribution in [3.63, 3.8) is 0 Å². The summed E-state index contributed by atoms with van der Waals surface area (Å²) in [5, 5.41) is 11.2. The van der Waals surface area contributed by atoms with Crippen LogP contribution in [0.1, 0.15) is 30.4 Å². The molecule has 0 aromatic heterocycles. The van der Waals surface area contributed by atoms with Crippen LogP contribution in [0.5, 0.6) is 5.75 Å². The van der Waals surface area contributed by atoms with Crippen LogP contribution in [-0.2, 0) is 14.8 Å². The van der Waals surface area contributed by atoms with E-state index < -0.39 is 10.0 Å². The molecule has 2 rings (SSSR count). The Morgan fingerprint density at radius 1 is 1.14 bits per heavy atom. The number of benzene rings is 2. The Kier molecular flexibility index (Phi) is 8.19. The van der Waals surface area contributed by atoms with E-state index in [0.717, 1.165) is 11.1 Å². The molecule has 0 aliphatic heterocycles. The molecule has 2 aromatic carbocycles. The number of sulfonamides is 1. The second-order valence-corrected chi connectivity index (χ2v) is 8.35. The summed E-state index contributed by atoms with van der Waals surface area (Å²) >= 11 is 0. The molecule has 0 spiro atoms. The first-order valence-corrected chi connectivity index (χ1v) is 10.8. The Morgan fingerprint density at radius 2 is 1.93 bits per heavy atom. The number of hydrogen-bond acceptors (Lipinski definition) is 5. The number of nitrogens with one attached hydrogen (secondary N) is 2. The van der Waals surface area contributed by atoms with E-state index in [1.807, 2.05) is 13.8 Å². The Hall–Kier alpha value is -2.89. The van der Waals surface area contributed by atoms with Crippen molar-refractivity contribution in [2.45, 2.75) is 38.0 Å². The minimum Gasteiger partial charge on any atom is -0.493 e. The van der Waals surface area contributed by atoms with Crippen LogP contribution >= 0.6 is 0 Å². The number of nitriles is 1. The van der Waals surface area contributed by atoms with E-state index in [1.165, 1.54) is 0 Å². The highest BCUT2D eigenvalue weighted by molar-refractivity contribution is 7.89. The van der Waals surface area contributed by atoms with Crippen molar-refractivity contribution in [3.8, 4) is 11.8 Å². The summed E-state index contributed by atoms with van der Waals surface area (Å²) in [6.45, 7) is 4.18. The number of carbonyl (C=O) groups excluding carboxylic acids is 1. The van der Waals surface area contributed by atoms with E-state index in [4.69, 9.17) is 10.00 Å². The first kappa shape index (κ1) is 22.4. The lowest BCUT2D eigenvalue weighted by Crippen LogP contribution is -2.28. The summed E-state index contributed by atoms with van der Waals surface area (Å²) in [6.07, 6.45) is 1.06. The normalized spacial score (nSPS) is 10.9. The molecule has 7 nitrogen and oxygen atoms in total. The van der Waals surface area contributed by atoms with Gasteiger partial charge in [0.1, 0.15) is 5.75 Å². The van der Waals surface area contributed by atoms with Gasteiger partial charge in [-0.25, -0.2) is 13.1 Å². The predicted octanol–water partition coefficient (Wildman–Crippen LogP) is 3.29. The topological polar surface area (TPSA) is 108 Å². The number of hydrogen-bond donors (Lipinski definition) is 2. The van der Waals surface area contributed by atoms with Crippen molar-refractivity contribution in [1.29, 1.82) is 5.26 Å². The zero-order valence-electron chi connectivity index (χ0n) is 16.6. The van der Waals surface area contributed by atoms with Crippen LogP contribution in [0.4, 0.5) is 5.69 Å². The summed E-state index contributed by atoms with van der Waals surface area (Å²) in [6, 6.07) is 13.9. The van der Waals surface area contributed by atoms with E-state index in [0.29, 0.717) is 30.9 Å². The average Bonchev–Trinajstić information content (AvgIpc) is 2.67. The van der Waals surface area contributed by atoms with E-state index >= 15 is 0 Å². The average molecular weight is 416 g/mol. The molecule has 0 saturated carbocycles. The van der Waals surface area contributed by atoms with Crippen molar-refractivity contribution < 1.29 is 17.9 Å². The molecule has 0 atom stereocenters. The minimum atomic E-state index is -3.66. The lowest BCUT2D eigenvalue weighted by molar-refractivity contribution is -0.116. The molecule has 0 aliphatic carbocycles. The molecular formula is C21H25N3O4S. The van der Waals surface area contributed by atoms with E-state index in [2.05, 4.69) is 16.1 Å². The van der Waals surface area contributed by atoms with Crippen LogP contribution in [-0.4, -0.2) is 27.5 Å². The van der Waals surface area contributed by atoms with Crippen molar-refractivity contribution >= 4 is 21.6 Å². The summed E-state index contributed by atoms with van der Waals surface area (Å²) in [7, 11) is -3.66. The first-order valence-electron chi connectivity index (χ1n) is 9.28. The van der Waals surface area contributed by atoms with Gasteiger partial charge in [-0.2, -0.15) is 5.26 Å². The third kappa shape index (κ3) is 7.22. The molecule has 1 amide bonds. The number of carbonyl (C=O) groups is 1. The molecule has 0 unspecified atom stereocenters. The zero-order valence-corrected chi connectivity index (χ0v) is 17.4. The summed E-state index contributed by atoms with van der Waals surface area (Å²) in [4.78, 5) is 12.3. The van der Waals surface area contributed by atoms with E-state index in [-0.39, 0.29) is 23.8 Å². The van der Waals surface area contributed by atoms with Crippen LogP contribution in [0, 0.1) is 25.2 Å². The van der Waals surface area contributed by atoms with Crippen molar-refractivity contribution in [1.82, 2.24) is 4.72 Å². The molecular weight excluding hydrogens is 390 g/mol. The molecule has 2 aromatic rings. The number of aryl methyl sites for hydroxylation is 2. The van der Waals surface area contributed by atoms with Gasteiger partial charge >= 0.3 is 0 Å². The number of ether oxygens (including phenoxy) is 1. The van der Waals surface area contributed by atoms with Gasteiger partial charge in [-0.05, 0) is 55.7 Å². The fraction of sp³-hybridized carbons (Fsp3) is 0.333. The Balaban J connectivity index is 1.83. The van der Waals surface area contributed by atoms with Gasteiger partial charge in [0.15, 0.2) is 0 Å². The van der Waals surface area contributed by atoms with Crippen LogP contribution in [0.25, 0.3) is 0 Å². The van der Waals surface area contributed by atoms with Gasteiger partial charge < -0.3 is 10.1 Å². The fourth-order valence-corrected chi connectivity index (χ4v) is 3.61. The van der Waals surface area contributed by atoms with Crippen LogP contribution in [0.3, 0.4) is 0 Å². The van der Waals surface area contributed by atoms with Gasteiger partial charge in [0.25, 0.3) is 0 Å². The third-order valence-corrected chi connectivity index (χ3v) is 5.71. The highest BCUT2D eigenvalue weighted by Gasteiger charge is 2.15. The molecule has 154 valence electrons. The molecule has 0 bridgehead atoms. The second kappa shape index (κ2) is 10.6. The van der Waals surface area contributed by atoms with Crippen LogP contribution in [0.2, 0.25) is 0 Å². The number of rotatable bonds is 10. The molecule has 2 N–H and O–H groups in total. The molecule has 0 fully saturated rings. The smallest absolute Gasteiger partial charge is 0.240 e. The molecule has 29 heavy (non-hydrogen) atoms. The summed E-state index contributed by atoms with van der Waals surface area (Å²) < 4.78 is 32.7. The highest BCUT2D eigenvalue weighted by atomic mass is 32.2. The lowest BCUT2D eigenvalue weighted by Gasteiger charge is -2.10. The second-order valence-electron chi connectivity index (χ2n) is 6.58. The van der Waals surface area contributed by atoms with Gasteiger partial charge in [-0.15, -0.1) is 0 Å². The number of nitrogens with zero attached hydrogens (tertiary/aromatic N) is 1. The zero-order chi connectivity index (χ0) is 21.3. The van der Waals surface area contributed by atoms with Crippen LogP contribution < -0.4 is 14.8 Å². The lowest BCUT2D eigenvalue weighted by atomic mass is 10.1. The van der Waals surface area contributed by atoms with Gasteiger partial charge in [0.05, 0.1) is 17.6 Å². The molecule has 0 radical (unpaired) electrons. The molecule has 0 aliphatic rings. The molecule has 0 saturated heterocycles. The van der Waals surface area contributed by atoms with Gasteiger partial charge in [0, 0.05) is 31.1 Å². The Bertz CT molecular complexity index is 997. The largest absolute Gasteiger partial charge is 0.493 e. The molecule has 8 heteroatoms. The van der Waals surface area contributed by atoms with Gasteiger partial charge in [0.2, 0.25) is 15.9 Å². The predicted molar refractivity (Wildman–Crippen MR) is 111 cm³/mol. The monoisotopic (exact) mass is 415 g/mol. The summed E-state index contributed by atoms with van der Waals surface area (Å²) in [5.41, 5.74) is 2.46. The minimum absolute atomic E-state index is 0.00265. The standard InChI is InChI=1S/C21H25N3O4S/c1-16-8-9-20(14-17(16)2)29(26,27)23-12-10-21(25)24-18-6-5-7-19(15-18)28-13-4-3-11-22/h5-9,14-15,23H,3-4,10,12-13H2,1-2H3,(H,24,25). The fourth-order valence-electron chi connectivity index (χ4n) is 2.49. The SMILES string of the molecule is Cc1ccc(S(=O)(=O)NCCC(=O)Nc2cccc(OCCCC#N)c2)cc1C. The van der Waals surface area contributed by atoms with E-state index in [1.54, 1.807) is 42.5 Å². The van der Waals surface area contributed by atoms with Crippen LogP contribution in [0.15, 0.2) is 47.4 Å². The van der Waals surface area contributed by atoms with Crippen molar-refractivity contribution in [2.24, 2.45) is 0 Å². The Morgan fingerprint density at radius 3 is 2.66 bits per heavy atom. The number of amides is 1. The van der Waals surface area contributed by atoms with Gasteiger partial charge in [-0.3, -0.25) is 4.79 Å². The maximum absolute atomic E-state index is 12.3. The first-order chi connectivity index (χ1) is 13.8. The van der Waals surface area contributed by atoms with Crippen molar-refractivity contribution in [3.05, 3.63) is 53.6 Å². The maximum Gasteiger partial charge on any atom is 0.240 e. The van der Waals surface area contributed by atoms with Crippen molar-refractivity contribution in [2.75, 3.05) is 18.5 Å². The molecule has 0 heterocycles. The van der Waals surface area contributed by atoms with E-state index in [9.17, 15) is 13.2 Å². The number of anilines is 1. The quantitative estimate of drug-likeness (QED) is 0.579. The number of unbranched alkanes of at least 4 members (excludes halogenated alkanes) is 1. The summed E-state index contributed by atoms with van der Waals surface area (Å²) in [5.74, 6) is 0.283. The highest BCUT2D eigenvalue weighted by Crippen LogP contribution is 2.18. The van der Waals surface area contributed by atoms with Gasteiger partial charge in [-0.1, -0.05) is 12.1 Å². The third-order valence-electron chi connectivity index (χ3n) is 4.25. The maximum atomic E-state index is 12.3. The Labute approximate surface area is 171 Å².